The van der Waals surface area contributed by atoms with Crippen LogP contribution in [0.1, 0.15) is 18.1 Å². The molecule has 10 heteroatoms. The van der Waals surface area contributed by atoms with Gasteiger partial charge in [-0.3, -0.25) is 5.32 Å². The molecule has 0 saturated carbocycles. The summed E-state index contributed by atoms with van der Waals surface area (Å²) in [5, 5.41) is 8.58. The normalized spacial score (nSPS) is 11.6. The van der Waals surface area contributed by atoms with Crippen molar-refractivity contribution in [2.75, 3.05) is 19.0 Å². The lowest BCUT2D eigenvalue weighted by atomic mass is 10.2. The van der Waals surface area contributed by atoms with E-state index in [4.69, 9.17) is 0 Å². The monoisotopic (exact) mass is 424 g/mol. The highest BCUT2D eigenvalue weighted by atomic mass is 19.4. The molecule has 0 spiro atoms. The minimum atomic E-state index is -4.76. The number of amides is 1. The van der Waals surface area contributed by atoms with Crippen molar-refractivity contribution in [2.45, 2.75) is 26.4 Å². The number of hydrogen-bond acceptors (Lipinski definition) is 4. The zero-order valence-electron chi connectivity index (χ0n) is 16.5. The SMILES string of the molecule is CCNC(=NCc1ccc(NC(=O)OC)cc1)NCc1ccccc1OC(F)(F)F. The summed E-state index contributed by atoms with van der Waals surface area (Å²) in [5.74, 6) is 0.179. The first kappa shape index (κ1) is 22.9. The molecule has 0 aromatic heterocycles. The fraction of sp³-hybridized carbons (Fsp3) is 0.300. The van der Waals surface area contributed by atoms with E-state index in [1.165, 1.54) is 19.2 Å². The van der Waals surface area contributed by atoms with Gasteiger partial charge in [0.05, 0.1) is 13.7 Å². The largest absolute Gasteiger partial charge is 0.573 e. The third kappa shape index (κ3) is 7.90. The van der Waals surface area contributed by atoms with Gasteiger partial charge in [0, 0.05) is 24.3 Å². The predicted octanol–water partition coefficient (Wildman–Crippen LogP) is 4.02. The van der Waals surface area contributed by atoms with Gasteiger partial charge in [0.15, 0.2) is 5.96 Å². The third-order valence-electron chi connectivity index (χ3n) is 3.79. The molecule has 0 aliphatic carbocycles. The van der Waals surface area contributed by atoms with E-state index in [1.807, 2.05) is 6.92 Å². The highest BCUT2D eigenvalue weighted by molar-refractivity contribution is 5.84. The number of methoxy groups -OCH3 is 1. The van der Waals surface area contributed by atoms with E-state index in [0.717, 1.165) is 5.56 Å². The Morgan fingerprint density at radius 1 is 1.07 bits per heavy atom. The van der Waals surface area contributed by atoms with E-state index in [0.29, 0.717) is 30.3 Å². The van der Waals surface area contributed by atoms with E-state index in [1.54, 1.807) is 36.4 Å². The van der Waals surface area contributed by atoms with E-state index in [9.17, 15) is 18.0 Å². The van der Waals surface area contributed by atoms with Crippen molar-refractivity contribution in [3.05, 3.63) is 59.7 Å². The molecule has 1 amide bonds. The Labute approximate surface area is 172 Å². The van der Waals surface area contributed by atoms with Crippen molar-refractivity contribution in [1.29, 1.82) is 0 Å². The third-order valence-corrected chi connectivity index (χ3v) is 3.79. The van der Waals surface area contributed by atoms with Gasteiger partial charge in [-0.25, -0.2) is 9.79 Å². The van der Waals surface area contributed by atoms with Crippen LogP contribution in [0.3, 0.4) is 0 Å². The zero-order valence-corrected chi connectivity index (χ0v) is 16.5. The van der Waals surface area contributed by atoms with E-state index in [2.05, 4.69) is 30.4 Å². The smallest absolute Gasteiger partial charge is 0.453 e. The summed E-state index contributed by atoms with van der Waals surface area (Å²) in [6.07, 6.45) is -5.32. The minimum absolute atomic E-state index is 0.0973. The molecule has 2 aromatic carbocycles. The Morgan fingerprint density at radius 2 is 1.77 bits per heavy atom. The molecule has 0 aliphatic rings. The zero-order chi connectivity index (χ0) is 22.0. The molecule has 0 unspecified atom stereocenters. The first-order chi connectivity index (χ1) is 14.3. The molecule has 162 valence electrons. The number of guanidine groups is 1. The second-order valence-electron chi connectivity index (χ2n) is 6.02. The number of benzene rings is 2. The van der Waals surface area contributed by atoms with Gasteiger partial charge in [-0.15, -0.1) is 13.2 Å². The Kier molecular flexibility index (Phi) is 8.33. The van der Waals surface area contributed by atoms with E-state index < -0.39 is 12.5 Å². The molecule has 0 atom stereocenters. The number of nitrogens with zero attached hydrogens (tertiary/aromatic N) is 1. The standard InChI is InChI=1S/C20H23F3N4O3/c1-3-24-18(25-12-14-8-10-16(11-9-14)27-19(28)29-2)26-13-15-6-4-5-7-17(15)30-20(21,22)23/h4-11H,3,12-13H2,1-2H3,(H,27,28)(H2,24,25,26). The number of para-hydroxylation sites is 1. The van der Waals surface area contributed by atoms with Crippen LogP contribution in [-0.4, -0.2) is 32.1 Å². The fourth-order valence-corrected chi connectivity index (χ4v) is 2.43. The van der Waals surface area contributed by atoms with Gasteiger partial charge >= 0.3 is 12.5 Å². The molecule has 2 aromatic rings. The van der Waals surface area contributed by atoms with Gasteiger partial charge in [0.1, 0.15) is 5.75 Å². The van der Waals surface area contributed by atoms with Crippen molar-refractivity contribution < 1.29 is 27.4 Å². The predicted molar refractivity (Wildman–Crippen MR) is 107 cm³/mol. The molecule has 0 saturated heterocycles. The molecule has 0 heterocycles. The number of hydrogen-bond donors (Lipinski definition) is 3. The molecule has 0 aliphatic heterocycles. The van der Waals surface area contributed by atoms with Crippen molar-refractivity contribution in [1.82, 2.24) is 10.6 Å². The highest BCUT2D eigenvalue weighted by Gasteiger charge is 2.31. The average Bonchev–Trinajstić information content (AvgIpc) is 2.71. The highest BCUT2D eigenvalue weighted by Crippen LogP contribution is 2.26. The van der Waals surface area contributed by atoms with Crippen LogP contribution in [-0.2, 0) is 17.8 Å². The summed E-state index contributed by atoms with van der Waals surface area (Å²) in [6.45, 7) is 2.88. The minimum Gasteiger partial charge on any atom is -0.453 e. The van der Waals surface area contributed by atoms with Gasteiger partial charge in [-0.1, -0.05) is 30.3 Å². The van der Waals surface area contributed by atoms with Crippen LogP contribution >= 0.6 is 0 Å². The van der Waals surface area contributed by atoms with Crippen molar-refractivity contribution >= 4 is 17.7 Å². The molecule has 3 N–H and O–H groups in total. The maximum Gasteiger partial charge on any atom is 0.573 e. The van der Waals surface area contributed by atoms with Crippen LogP contribution in [0.25, 0.3) is 0 Å². The molecule has 0 radical (unpaired) electrons. The number of anilines is 1. The van der Waals surface area contributed by atoms with Crippen LogP contribution in [0.4, 0.5) is 23.7 Å². The van der Waals surface area contributed by atoms with Crippen LogP contribution in [0.5, 0.6) is 5.75 Å². The first-order valence-corrected chi connectivity index (χ1v) is 9.10. The summed E-state index contributed by atoms with van der Waals surface area (Å²) in [7, 11) is 1.28. The number of rotatable bonds is 7. The van der Waals surface area contributed by atoms with Crippen molar-refractivity contribution in [2.24, 2.45) is 4.99 Å². The Bertz CT molecular complexity index is 855. The first-order valence-electron chi connectivity index (χ1n) is 9.10. The van der Waals surface area contributed by atoms with Crippen LogP contribution in [0.15, 0.2) is 53.5 Å². The molecule has 2 rings (SSSR count). The van der Waals surface area contributed by atoms with Crippen molar-refractivity contribution in [3.8, 4) is 5.75 Å². The lowest BCUT2D eigenvalue weighted by Gasteiger charge is -2.15. The molecule has 0 bridgehead atoms. The molecular weight excluding hydrogens is 401 g/mol. The Morgan fingerprint density at radius 3 is 2.40 bits per heavy atom. The summed E-state index contributed by atoms with van der Waals surface area (Å²) in [5.41, 5.74) is 1.81. The number of carbonyl (C=O) groups excluding carboxylic acids is 1. The van der Waals surface area contributed by atoms with Crippen LogP contribution < -0.4 is 20.7 Å². The Balaban J connectivity index is 2.01. The van der Waals surface area contributed by atoms with Gasteiger partial charge < -0.3 is 20.1 Å². The topological polar surface area (TPSA) is 84.0 Å². The lowest BCUT2D eigenvalue weighted by Crippen LogP contribution is -2.37. The maximum atomic E-state index is 12.6. The van der Waals surface area contributed by atoms with Gasteiger partial charge in [-0.2, -0.15) is 0 Å². The number of carbonyl (C=O) groups is 1. The number of ether oxygens (including phenoxy) is 2. The molecular formula is C20H23F3N4O3. The fourth-order valence-electron chi connectivity index (χ4n) is 2.43. The van der Waals surface area contributed by atoms with E-state index >= 15 is 0 Å². The maximum absolute atomic E-state index is 12.6. The summed E-state index contributed by atoms with van der Waals surface area (Å²) < 4.78 is 46.3. The van der Waals surface area contributed by atoms with Crippen molar-refractivity contribution in [3.63, 3.8) is 0 Å². The summed E-state index contributed by atoms with van der Waals surface area (Å²) >= 11 is 0. The van der Waals surface area contributed by atoms with Crippen LogP contribution in [0.2, 0.25) is 0 Å². The Hall–Kier alpha value is -3.43. The second-order valence-corrected chi connectivity index (χ2v) is 6.02. The molecule has 0 fully saturated rings. The molecule has 30 heavy (non-hydrogen) atoms. The quantitative estimate of drug-likeness (QED) is 0.462. The summed E-state index contributed by atoms with van der Waals surface area (Å²) in [4.78, 5) is 15.6. The average molecular weight is 424 g/mol. The lowest BCUT2D eigenvalue weighted by molar-refractivity contribution is -0.274. The summed E-state index contributed by atoms with van der Waals surface area (Å²) in [6, 6.07) is 12.9. The van der Waals surface area contributed by atoms with Crippen LogP contribution in [0, 0.1) is 0 Å². The van der Waals surface area contributed by atoms with Gasteiger partial charge in [0.2, 0.25) is 0 Å². The van der Waals surface area contributed by atoms with Gasteiger partial charge in [-0.05, 0) is 30.7 Å². The number of nitrogens with one attached hydrogen (secondary N) is 3. The van der Waals surface area contributed by atoms with Gasteiger partial charge in [0.25, 0.3) is 0 Å². The second kappa shape index (κ2) is 10.9. The number of alkyl halides is 3. The van der Waals surface area contributed by atoms with E-state index in [-0.39, 0.29) is 12.3 Å². The molecule has 7 nitrogen and oxygen atoms in total. The number of halogens is 3. The number of aliphatic imine (C=N–C) groups is 1.